The number of hydrogen-bond acceptors (Lipinski definition) is 1. The first-order valence-electron chi connectivity index (χ1n) is 4.60. The lowest BCUT2D eigenvalue weighted by atomic mass is 10.1. The fourth-order valence-corrected chi connectivity index (χ4v) is 0.849. The van der Waals surface area contributed by atoms with Crippen LogP contribution in [-0.4, -0.2) is 6.18 Å². The van der Waals surface area contributed by atoms with E-state index in [1.165, 1.54) is 6.07 Å². The Hall–Kier alpha value is -1.42. The van der Waals surface area contributed by atoms with E-state index in [0.29, 0.717) is 6.42 Å². The summed E-state index contributed by atoms with van der Waals surface area (Å²) in [6.45, 7) is 3.06. The summed E-state index contributed by atoms with van der Waals surface area (Å²) in [4.78, 5) is 0. The molecule has 0 aliphatic carbocycles. The minimum absolute atomic E-state index is 0.383. The summed E-state index contributed by atoms with van der Waals surface area (Å²) in [6.07, 6.45) is -2.45. The second-order valence-corrected chi connectivity index (χ2v) is 3.01. The lowest BCUT2D eigenvalue weighted by Crippen LogP contribution is -2.12. The van der Waals surface area contributed by atoms with E-state index in [4.69, 9.17) is 5.26 Å². The zero-order chi connectivity index (χ0) is 11.9. The normalized spacial score (nSPS) is 12.3. The van der Waals surface area contributed by atoms with E-state index in [9.17, 15) is 13.2 Å². The van der Waals surface area contributed by atoms with Gasteiger partial charge in [0.2, 0.25) is 0 Å². The maximum atomic E-state index is 12.4. The topological polar surface area (TPSA) is 23.8 Å². The van der Waals surface area contributed by atoms with Gasteiger partial charge in [0.25, 0.3) is 0 Å². The van der Waals surface area contributed by atoms with E-state index in [2.05, 4.69) is 5.92 Å². The molecule has 0 N–H and O–H groups in total. The number of allylic oxidation sites excluding steroid dienone is 2. The number of nitriles is 1. The molecule has 0 amide bonds. The fourth-order valence-electron chi connectivity index (χ4n) is 0.849. The maximum Gasteiger partial charge on any atom is 0.425 e. The zero-order valence-corrected chi connectivity index (χ0v) is 8.70. The van der Waals surface area contributed by atoms with E-state index < -0.39 is 11.7 Å². The molecule has 0 saturated heterocycles. The van der Waals surface area contributed by atoms with Gasteiger partial charge in [-0.15, -0.1) is 0 Å². The van der Waals surface area contributed by atoms with Crippen molar-refractivity contribution in [3.05, 3.63) is 11.1 Å². The predicted octanol–water partition coefficient (Wildman–Crippen LogP) is 3.58. The number of alkyl halides is 3. The highest BCUT2D eigenvalue weighted by Crippen LogP contribution is 2.27. The van der Waals surface area contributed by atoms with Crippen molar-refractivity contribution in [1.29, 1.82) is 5.26 Å². The molecule has 1 nitrogen and oxygen atoms in total. The largest absolute Gasteiger partial charge is 0.425 e. The van der Waals surface area contributed by atoms with Crippen molar-refractivity contribution in [3.8, 4) is 17.9 Å². The van der Waals surface area contributed by atoms with Crippen LogP contribution in [0.5, 0.6) is 0 Å². The van der Waals surface area contributed by atoms with Gasteiger partial charge in [0.1, 0.15) is 5.57 Å². The highest BCUT2D eigenvalue weighted by molar-refractivity contribution is 5.42. The molecule has 0 aliphatic heterocycles. The van der Waals surface area contributed by atoms with Crippen LogP contribution in [0.25, 0.3) is 0 Å². The van der Waals surface area contributed by atoms with Crippen LogP contribution in [0.15, 0.2) is 11.1 Å². The van der Waals surface area contributed by atoms with Crippen LogP contribution in [0.4, 0.5) is 13.2 Å². The highest BCUT2D eigenvalue weighted by Gasteiger charge is 2.34. The van der Waals surface area contributed by atoms with Gasteiger partial charge in [-0.1, -0.05) is 25.2 Å². The molecular weight excluding hydrogens is 203 g/mol. The SMILES string of the molecule is CCCCC#C/C(=C(\C)C#N)C(F)(F)F. The summed E-state index contributed by atoms with van der Waals surface area (Å²) < 4.78 is 37.1. The third-order valence-corrected chi connectivity index (χ3v) is 1.69. The van der Waals surface area contributed by atoms with Gasteiger partial charge in [0, 0.05) is 12.0 Å². The first kappa shape index (κ1) is 13.6. The predicted molar refractivity (Wildman–Crippen MR) is 51.7 cm³/mol. The second-order valence-electron chi connectivity index (χ2n) is 3.01. The van der Waals surface area contributed by atoms with E-state index in [1.807, 2.05) is 12.8 Å². The van der Waals surface area contributed by atoms with Crippen molar-refractivity contribution < 1.29 is 13.2 Å². The Bertz CT molecular complexity index is 334. The number of unbranched alkanes of at least 4 members (excludes halogenated alkanes) is 2. The third kappa shape index (κ3) is 5.12. The lowest BCUT2D eigenvalue weighted by Gasteiger charge is -2.05. The van der Waals surface area contributed by atoms with E-state index in [-0.39, 0.29) is 5.57 Å². The molecule has 0 aromatic carbocycles. The third-order valence-electron chi connectivity index (χ3n) is 1.69. The summed E-state index contributed by atoms with van der Waals surface area (Å²) in [5.74, 6) is 4.46. The van der Waals surface area contributed by atoms with Crippen molar-refractivity contribution in [2.45, 2.75) is 39.3 Å². The summed E-state index contributed by atoms with van der Waals surface area (Å²) >= 11 is 0. The Morgan fingerprint density at radius 3 is 2.33 bits per heavy atom. The van der Waals surface area contributed by atoms with Gasteiger partial charge in [0.15, 0.2) is 0 Å². The van der Waals surface area contributed by atoms with Crippen LogP contribution in [0.2, 0.25) is 0 Å². The van der Waals surface area contributed by atoms with Gasteiger partial charge in [-0.25, -0.2) is 0 Å². The molecular formula is C11H12F3N. The molecule has 0 aromatic rings. The molecule has 0 heterocycles. The lowest BCUT2D eigenvalue weighted by molar-refractivity contribution is -0.0877. The van der Waals surface area contributed by atoms with Crippen LogP contribution in [0, 0.1) is 23.2 Å². The molecule has 0 atom stereocenters. The Balaban J connectivity index is 4.84. The van der Waals surface area contributed by atoms with Crippen LogP contribution in [0.3, 0.4) is 0 Å². The molecule has 0 fully saturated rings. The molecule has 0 aliphatic rings. The van der Waals surface area contributed by atoms with Gasteiger partial charge >= 0.3 is 6.18 Å². The second kappa shape index (κ2) is 6.14. The molecule has 15 heavy (non-hydrogen) atoms. The quantitative estimate of drug-likeness (QED) is 0.392. The number of rotatable bonds is 2. The minimum Gasteiger partial charge on any atom is -0.193 e. The molecule has 82 valence electrons. The molecule has 0 aromatic heterocycles. The van der Waals surface area contributed by atoms with Crippen LogP contribution in [0.1, 0.15) is 33.1 Å². The van der Waals surface area contributed by atoms with Gasteiger partial charge in [0.05, 0.1) is 6.07 Å². The molecule has 0 spiro atoms. The van der Waals surface area contributed by atoms with E-state index in [0.717, 1.165) is 19.8 Å². The fraction of sp³-hybridized carbons (Fsp3) is 0.545. The maximum absolute atomic E-state index is 12.4. The Labute approximate surface area is 87.6 Å². The highest BCUT2D eigenvalue weighted by atomic mass is 19.4. The van der Waals surface area contributed by atoms with Gasteiger partial charge in [-0.2, -0.15) is 18.4 Å². The van der Waals surface area contributed by atoms with Gasteiger partial charge in [-0.3, -0.25) is 0 Å². The summed E-state index contributed by atoms with van der Waals surface area (Å²) in [6, 6.07) is 1.47. The Kier molecular flexibility index (Phi) is 5.56. The Morgan fingerprint density at radius 2 is 1.93 bits per heavy atom. The van der Waals surface area contributed by atoms with Gasteiger partial charge in [-0.05, 0) is 13.3 Å². The number of hydrogen-bond donors (Lipinski definition) is 0. The Morgan fingerprint density at radius 1 is 1.33 bits per heavy atom. The number of nitrogens with zero attached hydrogens (tertiary/aromatic N) is 1. The van der Waals surface area contributed by atoms with Crippen LogP contribution < -0.4 is 0 Å². The summed E-state index contributed by atoms with van der Waals surface area (Å²) in [5, 5.41) is 8.40. The summed E-state index contributed by atoms with van der Waals surface area (Å²) in [7, 11) is 0. The van der Waals surface area contributed by atoms with Crippen LogP contribution in [-0.2, 0) is 0 Å². The van der Waals surface area contributed by atoms with Crippen molar-refractivity contribution in [1.82, 2.24) is 0 Å². The zero-order valence-electron chi connectivity index (χ0n) is 8.70. The van der Waals surface area contributed by atoms with Crippen molar-refractivity contribution in [2.24, 2.45) is 0 Å². The average Bonchev–Trinajstić information content (AvgIpc) is 2.15. The monoisotopic (exact) mass is 215 g/mol. The minimum atomic E-state index is -4.53. The molecule has 0 bridgehead atoms. The van der Waals surface area contributed by atoms with E-state index >= 15 is 0 Å². The molecule has 0 saturated carbocycles. The first-order chi connectivity index (χ1) is 6.93. The smallest absolute Gasteiger partial charge is 0.193 e. The number of halogens is 3. The standard InChI is InChI=1S/C11H12F3N/c1-3-4-5-6-7-10(9(2)8-15)11(12,13)14/h3-5H2,1-2H3/b10-9-. The van der Waals surface area contributed by atoms with Crippen molar-refractivity contribution >= 4 is 0 Å². The molecule has 0 rings (SSSR count). The van der Waals surface area contributed by atoms with Crippen molar-refractivity contribution in [2.75, 3.05) is 0 Å². The molecule has 0 unspecified atom stereocenters. The first-order valence-corrected chi connectivity index (χ1v) is 4.60. The molecule has 4 heteroatoms. The van der Waals surface area contributed by atoms with Crippen molar-refractivity contribution in [3.63, 3.8) is 0 Å². The molecule has 0 radical (unpaired) electrons. The summed E-state index contributed by atoms with van der Waals surface area (Å²) in [5.41, 5.74) is -1.41. The van der Waals surface area contributed by atoms with Crippen LogP contribution >= 0.6 is 0 Å². The average molecular weight is 215 g/mol. The van der Waals surface area contributed by atoms with Gasteiger partial charge < -0.3 is 0 Å². The van der Waals surface area contributed by atoms with E-state index in [1.54, 1.807) is 0 Å².